The van der Waals surface area contributed by atoms with Gasteiger partial charge in [0.2, 0.25) is 0 Å². The SMILES string of the molecule is COc1ccc(C(C)(N)Cc2ccc(O)cc2)cc1. The maximum atomic E-state index is 9.28. The van der Waals surface area contributed by atoms with Gasteiger partial charge in [-0.25, -0.2) is 0 Å². The zero-order valence-electron chi connectivity index (χ0n) is 11.3. The van der Waals surface area contributed by atoms with Crippen molar-refractivity contribution in [2.24, 2.45) is 5.73 Å². The smallest absolute Gasteiger partial charge is 0.118 e. The predicted molar refractivity (Wildman–Crippen MR) is 76.3 cm³/mol. The summed E-state index contributed by atoms with van der Waals surface area (Å²) in [5.74, 6) is 1.09. The van der Waals surface area contributed by atoms with E-state index in [9.17, 15) is 5.11 Å². The van der Waals surface area contributed by atoms with Crippen molar-refractivity contribution < 1.29 is 9.84 Å². The Labute approximate surface area is 113 Å². The van der Waals surface area contributed by atoms with Crippen LogP contribution in [-0.2, 0) is 12.0 Å². The number of phenolic OH excluding ortho intramolecular Hbond substituents is 1. The summed E-state index contributed by atoms with van der Waals surface area (Å²) in [7, 11) is 1.65. The van der Waals surface area contributed by atoms with E-state index in [4.69, 9.17) is 10.5 Å². The lowest BCUT2D eigenvalue weighted by atomic mass is 9.86. The zero-order chi connectivity index (χ0) is 13.9. The molecule has 1 atom stereocenters. The standard InChI is InChI=1S/C16H19NO2/c1-16(17,11-12-3-7-14(18)8-4-12)13-5-9-15(19-2)10-6-13/h3-10,18H,11,17H2,1-2H3. The van der Waals surface area contributed by atoms with Crippen LogP contribution in [0.2, 0.25) is 0 Å². The second-order valence-electron chi connectivity index (χ2n) is 4.99. The first-order valence-electron chi connectivity index (χ1n) is 6.22. The molecule has 0 heterocycles. The molecule has 0 aliphatic carbocycles. The maximum absolute atomic E-state index is 9.28. The van der Waals surface area contributed by atoms with Gasteiger partial charge in [-0.1, -0.05) is 24.3 Å². The molecule has 2 aromatic carbocycles. The first-order chi connectivity index (χ1) is 9.01. The molecule has 2 rings (SSSR count). The number of ether oxygens (including phenoxy) is 1. The maximum Gasteiger partial charge on any atom is 0.118 e. The Hall–Kier alpha value is -2.00. The highest BCUT2D eigenvalue weighted by Gasteiger charge is 2.21. The average molecular weight is 257 g/mol. The molecule has 3 nitrogen and oxygen atoms in total. The predicted octanol–water partition coefficient (Wildman–Crippen LogP) is 2.82. The fourth-order valence-corrected chi connectivity index (χ4v) is 2.11. The summed E-state index contributed by atoms with van der Waals surface area (Å²) >= 11 is 0. The quantitative estimate of drug-likeness (QED) is 0.885. The number of benzene rings is 2. The molecule has 0 saturated carbocycles. The van der Waals surface area contributed by atoms with Crippen LogP contribution in [0, 0.1) is 0 Å². The Balaban J connectivity index is 2.18. The third-order valence-corrected chi connectivity index (χ3v) is 3.26. The molecule has 1 unspecified atom stereocenters. The molecule has 0 spiro atoms. The number of hydrogen-bond acceptors (Lipinski definition) is 3. The van der Waals surface area contributed by atoms with Crippen molar-refractivity contribution in [3.8, 4) is 11.5 Å². The number of rotatable bonds is 4. The zero-order valence-corrected chi connectivity index (χ0v) is 11.3. The van der Waals surface area contributed by atoms with Crippen molar-refractivity contribution in [2.75, 3.05) is 7.11 Å². The number of aromatic hydroxyl groups is 1. The highest BCUT2D eigenvalue weighted by atomic mass is 16.5. The van der Waals surface area contributed by atoms with Gasteiger partial charge in [0.1, 0.15) is 11.5 Å². The average Bonchev–Trinajstić information content (AvgIpc) is 2.41. The summed E-state index contributed by atoms with van der Waals surface area (Å²) in [5, 5.41) is 9.28. The van der Waals surface area contributed by atoms with E-state index in [0.29, 0.717) is 6.42 Å². The van der Waals surface area contributed by atoms with Crippen molar-refractivity contribution >= 4 is 0 Å². The van der Waals surface area contributed by atoms with Crippen LogP contribution in [0.3, 0.4) is 0 Å². The monoisotopic (exact) mass is 257 g/mol. The van der Waals surface area contributed by atoms with Gasteiger partial charge in [0.15, 0.2) is 0 Å². The van der Waals surface area contributed by atoms with E-state index < -0.39 is 5.54 Å². The van der Waals surface area contributed by atoms with E-state index in [0.717, 1.165) is 16.9 Å². The largest absolute Gasteiger partial charge is 0.508 e. The van der Waals surface area contributed by atoms with Crippen LogP contribution in [-0.4, -0.2) is 12.2 Å². The molecule has 2 aromatic rings. The molecule has 0 aliphatic heterocycles. The number of phenols is 1. The van der Waals surface area contributed by atoms with Gasteiger partial charge < -0.3 is 15.6 Å². The Kier molecular flexibility index (Phi) is 3.76. The van der Waals surface area contributed by atoms with E-state index in [-0.39, 0.29) is 5.75 Å². The van der Waals surface area contributed by atoms with E-state index >= 15 is 0 Å². The second kappa shape index (κ2) is 5.33. The fourth-order valence-electron chi connectivity index (χ4n) is 2.11. The number of methoxy groups -OCH3 is 1. The molecule has 0 amide bonds. The summed E-state index contributed by atoms with van der Waals surface area (Å²) in [5.41, 5.74) is 8.09. The minimum atomic E-state index is -0.455. The van der Waals surface area contributed by atoms with Gasteiger partial charge in [0, 0.05) is 5.54 Å². The van der Waals surface area contributed by atoms with E-state index in [1.165, 1.54) is 0 Å². The molecule has 0 fully saturated rings. The third-order valence-electron chi connectivity index (χ3n) is 3.26. The third kappa shape index (κ3) is 3.26. The van der Waals surface area contributed by atoms with Gasteiger partial charge in [-0.15, -0.1) is 0 Å². The first-order valence-corrected chi connectivity index (χ1v) is 6.22. The number of hydrogen-bond donors (Lipinski definition) is 2. The lowest BCUT2D eigenvalue weighted by Crippen LogP contribution is -2.35. The minimum Gasteiger partial charge on any atom is -0.508 e. The van der Waals surface area contributed by atoms with Gasteiger partial charge in [-0.2, -0.15) is 0 Å². The Morgan fingerprint density at radius 2 is 1.63 bits per heavy atom. The highest BCUT2D eigenvalue weighted by molar-refractivity contribution is 5.34. The summed E-state index contributed by atoms with van der Waals surface area (Å²) in [6.07, 6.45) is 0.708. The van der Waals surface area contributed by atoms with Crippen molar-refractivity contribution in [3.63, 3.8) is 0 Å². The normalized spacial score (nSPS) is 13.8. The molecule has 0 bridgehead atoms. The van der Waals surface area contributed by atoms with Crippen molar-refractivity contribution in [3.05, 3.63) is 59.7 Å². The van der Waals surface area contributed by atoms with Gasteiger partial charge in [-0.05, 0) is 48.7 Å². The molecule has 0 radical (unpaired) electrons. The summed E-state index contributed by atoms with van der Waals surface area (Å²) in [4.78, 5) is 0. The molecule has 3 heteroatoms. The Morgan fingerprint density at radius 1 is 1.05 bits per heavy atom. The highest BCUT2D eigenvalue weighted by Crippen LogP contribution is 2.25. The summed E-state index contributed by atoms with van der Waals surface area (Å²) in [6, 6.07) is 14.9. The fraction of sp³-hybridized carbons (Fsp3) is 0.250. The van der Waals surface area contributed by atoms with E-state index in [1.807, 2.05) is 43.3 Å². The van der Waals surface area contributed by atoms with Gasteiger partial charge in [0.25, 0.3) is 0 Å². The second-order valence-corrected chi connectivity index (χ2v) is 4.99. The minimum absolute atomic E-state index is 0.270. The molecule has 3 N–H and O–H groups in total. The van der Waals surface area contributed by atoms with E-state index in [1.54, 1.807) is 19.2 Å². The van der Waals surface area contributed by atoms with Crippen molar-refractivity contribution in [1.29, 1.82) is 0 Å². The van der Waals surface area contributed by atoms with E-state index in [2.05, 4.69) is 0 Å². The van der Waals surface area contributed by atoms with Gasteiger partial charge in [0.05, 0.1) is 7.11 Å². The van der Waals surface area contributed by atoms with Crippen LogP contribution >= 0.6 is 0 Å². The van der Waals surface area contributed by atoms with Crippen LogP contribution in [0.5, 0.6) is 11.5 Å². The summed E-state index contributed by atoms with van der Waals surface area (Å²) in [6.45, 7) is 2.00. The summed E-state index contributed by atoms with van der Waals surface area (Å²) < 4.78 is 5.14. The van der Waals surface area contributed by atoms with Gasteiger partial charge >= 0.3 is 0 Å². The first kappa shape index (κ1) is 13.4. The van der Waals surface area contributed by atoms with Crippen LogP contribution in [0.4, 0.5) is 0 Å². The number of nitrogens with two attached hydrogens (primary N) is 1. The Bertz CT molecular complexity index is 530. The van der Waals surface area contributed by atoms with Crippen LogP contribution in [0.15, 0.2) is 48.5 Å². The van der Waals surface area contributed by atoms with Crippen LogP contribution < -0.4 is 10.5 Å². The molecular weight excluding hydrogens is 238 g/mol. The van der Waals surface area contributed by atoms with Gasteiger partial charge in [-0.3, -0.25) is 0 Å². The molecule has 0 saturated heterocycles. The topological polar surface area (TPSA) is 55.5 Å². The van der Waals surface area contributed by atoms with Crippen molar-refractivity contribution in [1.82, 2.24) is 0 Å². The molecular formula is C16H19NO2. The molecule has 0 aliphatic rings. The molecule has 0 aromatic heterocycles. The molecule has 19 heavy (non-hydrogen) atoms. The van der Waals surface area contributed by atoms with Crippen LogP contribution in [0.25, 0.3) is 0 Å². The van der Waals surface area contributed by atoms with Crippen LogP contribution in [0.1, 0.15) is 18.1 Å². The Morgan fingerprint density at radius 3 is 2.16 bits per heavy atom. The lowest BCUT2D eigenvalue weighted by Gasteiger charge is -2.25. The lowest BCUT2D eigenvalue weighted by molar-refractivity contribution is 0.413. The molecule has 100 valence electrons. The van der Waals surface area contributed by atoms with Crippen molar-refractivity contribution in [2.45, 2.75) is 18.9 Å².